The van der Waals surface area contributed by atoms with E-state index < -0.39 is 10.0 Å². The number of thiophene rings is 1. The molecule has 25 heavy (non-hydrogen) atoms. The van der Waals surface area contributed by atoms with E-state index >= 15 is 0 Å². The minimum atomic E-state index is -3.70. The van der Waals surface area contributed by atoms with Crippen LogP contribution in [0.25, 0.3) is 16.2 Å². The average molecular weight is 431 g/mol. The Morgan fingerprint density at radius 3 is 2.72 bits per heavy atom. The highest BCUT2D eigenvalue weighted by molar-refractivity contribution is 7.94. The fourth-order valence-electron chi connectivity index (χ4n) is 2.19. The van der Waals surface area contributed by atoms with Gasteiger partial charge in [-0.15, -0.1) is 27.8 Å². The van der Waals surface area contributed by atoms with E-state index in [1.54, 1.807) is 34.2 Å². The van der Waals surface area contributed by atoms with Crippen molar-refractivity contribution in [1.82, 2.24) is 14.6 Å². The first kappa shape index (κ1) is 16.8. The highest BCUT2D eigenvalue weighted by atomic mass is 35.5. The van der Waals surface area contributed by atoms with Crippen LogP contribution in [-0.4, -0.2) is 23.0 Å². The molecule has 0 saturated carbocycles. The van der Waals surface area contributed by atoms with Gasteiger partial charge in [0.05, 0.1) is 10.7 Å². The molecule has 0 aliphatic rings. The second-order valence-electron chi connectivity index (χ2n) is 4.91. The molecular formula is C14H8Cl2N4O2S3. The van der Waals surface area contributed by atoms with Crippen molar-refractivity contribution in [2.75, 3.05) is 4.72 Å². The number of thiazole rings is 1. The van der Waals surface area contributed by atoms with Crippen molar-refractivity contribution in [2.24, 2.45) is 0 Å². The summed E-state index contributed by atoms with van der Waals surface area (Å²) in [6.45, 7) is 0. The third-order valence-corrected chi connectivity index (χ3v) is 7.36. The maximum atomic E-state index is 12.3. The van der Waals surface area contributed by atoms with Crippen molar-refractivity contribution in [1.29, 1.82) is 0 Å². The standard InChI is InChI=1S/C14H8Cl2N4O2S3/c15-8-3-4-9(10(16)6-8)11-7-24-14-17-13(18-20(11)14)19-25(21,22)12-2-1-5-23-12/h1-7H,(H,18,19). The summed E-state index contributed by atoms with van der Waals surface area (Å²) in [5, 5.41) is 8.79. The van der Waals surface area contributed by atoms with Crippen molar-refractivity contribution >= 4 is 66.8 Å². The molecule has 0 atom stereocenters. The van der Waals surface area contributed by atoms with E-state index in [-0.39, 0.29) is 10.2 Å². The summed E-state index contributed by atoms with van der Waals surface area (Å²) in [7, 11) is -3.70. The fourth-order valence-corrected chi connectivity index (χ4v) is 5.45. The zero-order chi connectivity index (χ0) is 17.6. The van der Waals surface area contributed by atoms with Crippen LogP contribution >= 0.6 is 45.9 Å². The van der Waals surface area contributed by atoms with Gasteiger partial charge in [0.25, 0.3) is 16.0 Å². The van der Waals surface area contributed by atoms with Crippen LogP contribution < -0.4 is 4.72 Å². The second kappa shape index (κ2) is 6.26. The molecular weight excluding hydrogens is 423 g/mol. The molecule has 0 saturated heterocycles. The van der Waals surface area contributed by atoms with Crippen LogP contribution in [-0.2, 0) is 10.0 Å². The molecule has 0 spiro atoms. The molecule has 0 amide bonds. The SMILES string of the molecule is O=S(=O)(Nc1nc2scc(-c3ccc(Cl)cc3Cl)n2n1)c1cccs1. The van der Waals surface area contributed by atoms with E-state index in [0.29, 0.717) is 20.7 Å². The van der Waals surface area contributed by atoms with Gasteiger partial charge in [-0.1, -0.05) is 29.3 Å². The lowest BCUT2D eigenvalue weighted by atomic mass is 10.2. The summed E-state index contributed by atoms with van der Waals surface area (Å²) in [6, 6.07) is 8.33. The Labute approximate surface area is 160 Å². The van der Waals surface area contributed by atoms with Crippen molar-refractivity contribution in [2.45, 2.75) is 4.21 Å². The highest BCUT2D eigenvalue weighted by Crippen LogP contribution is 2.33. The first-order valence-electron chi connectivity index (χ1n) is 6.80. The van der Waals surface area contributed by atoms with Gasteiger partial charge in [0.1, 0.15) is 4.21 Å². The van der Waals surface area contributed by atoms with Gasteiger partial charge in [0.15, 0.2) is 0 Å². The molecule has 4 aromatic rings. The van der Waals surface area contributed by atoms with E-state index in [4.69, 9.17) is 23.2 Å². The van der Waals surface area contributed by atoms with E-state index in [1.807, 2.05) is 5.38 Å². The second-order valence-corrected chi connectivity index (χ2v) is 9.45. The van der Waals surface area contributed by atoms with Gasteiger partial charge in [-0.05, 0) is 29.6 Å². The summed E-state index contributed by atoms with van der Waals surface area (Å²) < 4.78 is 28.7. The van der Waals surface area contributed by atoms with E-state index in [0.717, 1.165) is 16.9 Å². The molecule has 4 rings (SSSR count). The van der Waals surface area contributed by atoms with Crippen LogP contribution in [0.3, 0.4) is 0 Å². The quantitative estimate of drug-likeness (QED) is 0.511. The Morgan fingerprint density at radius 2 is 2.00 bits per heavy atom. The first-order valence-corrected chi connectivity index (χ1v) is 10.8. The zero-order valence-electron chi connectivity index (χ0n) is 12.2. The Bertz CT molecular complexity index is 1170. The lowest BCUT2D eigenvalue weighted by Gasteiger charge is -2.03. The number of rotatable bonds is 4. The lowest BCUT2D eigenvalue weighted by molar-refractivity contribution is 0.602. The minimum absolute atomic E-state index is 0.00610. The molecule has 0 aliphatic carbocycles. The number of aromatic nitrogens is 3. The van der Waals surface area contributed by atoms with Gasteiger partial charge in [0, 0.05) is 16.0 Å². The Balaban J connectivity index is 1.74. The predicted molar refractivity (Wildman–Crippen MR) is 101 cm³/mol. The van der Waals surface area contributed by atoms with Gasteiger partial charge in [-0.25, -0.2) is 17.7 Å². The first-order chi connectivity index (χ1) is 11.9. The molecule has 0 aliphatic heterocycles. The van der Waals surface area contributed by atoms with Crippen molar-refractivity contribution in [3.05, 3.63) is 51.1 Å². The van der Waals surface area contributed by atoms with Gasteiger partial charge >= 0.3 is 0 Å². The average Bonchev–Trinajstić information content (AvgIpc) is 3.23. The third-order valence-electron chi connectivity index (χ3n) is 3.27. The van der Waals surface area contributed by atoms with Crippen LogP contribution in [0.5, 0.6) is 0 Å². The van der Waals surface area contributed by atoms with Gasteiger partial charge in [-0.2, -0.15) is 4.98 Å². The summed E-state index contributed by atoms with van der Waals surface area (Å²) >= 11 is 14.6. The monoisotopic (exact) mass is 430 g/mol. The normalized spacial score (nSPS) is 11.9. The Morgan fingerprint density at radius 1 is 1.16 bits per heavy atom. The number of halogens is 2. The number of fused-ring (bicyclic) bond motifs is 1. The third kappa shape index (κ3) is 3.13. The van der Waals surface area contributed by atoms with Gasteiger partial charge in [-0.3, -0.25) is 0 Å². The molecule has 0 radical (unpaired) electrons. The topological polar surface area (TPSA) is 76.4 Å². The number of nitrogens with zero attached hydrogens (tertiary/aromatic N) is 3. The Hall–Kier alpha value is -1.65. The summed E-state index contributed by atoms with van der Waals surface area (Å²) in [6.07, 6.45) is 0. The van der Waals surface area contributed by atoms with Crippen molar-refractivity contribution in [3.63, 3.8) is 0 Å². The lowest BCUT2D eigenvalue weighted by Crippen LogP contribution is -2.12. The minimum Gasteiger partial charge on any atom is -0.245 e. The van der Waals surface area contributed by atoms with Crippen LogP contribution in [0.4, 0.5) is 5.95 Å². The van der Waals surface area contributed by atoms with E-state index in [1.165, 1.54) is 17.4 Å². The zero-order valence-corrected chi connectivity index (χ0v) is 16.1. The maximum Gasteiger partial charge on any atom is 0.273 e. The predicted octanol–water partition coefficient (Wildman–Crippen LogP) is 4.63. The number of sulfonamides is 1. The Kier molecular flexibility index (Phi) is 4.20. The van der Waals surface area contributed by atoms with E-state index in [9.17, 15) is 8.42 Å². The highest BCUT2D eigenvalue weighted by Gasteiger charge is 2.20. The molecule has 0 unspecified atom stereocenters. The van der Waals surface area contributed by atoms with Crippen LogP contribution in [0.1, 0.15) is 0 Å². The number of nitrogens with one attached hydrogen (secondary N) is 1. The molecule has 3 aromatic heterocycles. The molecule has 128 valence electrons. The summed E-state index contributed by atoms with van der Waals surface area (Å²) in [5.41, 5.74) is 1.44. The van der Waals surface area contributed by atoms with Crippen LogP contribution in [0, 0.1) is 0 Å². The maximum absolute atomic E-state index is 12.3. The molecule has 1 aromatic carbocycles. The number of hydrogen-bond acceptors (Lipinski definition) is 6. The molecule has 3 heterocycles. The smallest absolute Gasteiger partial charge is 0.245 e. The molecule has 6 nitrogen and oxygen atoms in total. The number of hydrogen-bond donors (Lipinski definition) is 1. The molecule has 1 N–H and O–H groups in total. The van der Waals surface area contributed by atoms with Crippen LogP contribution in [0.15, 0.2) is 45.3 Å². The largest absolute Gasteiger partial charge is 0.273 e. The van der Waals surface area contributed by atoms with Gasteiger partial charge in [0.2, 0.25) is 4.96 Å². The molecule has 0 fully saturated rings. The summed E-state index contributed by atoms with van der Waals surface area (Å²) in [4.78, 5) is 4.76. The fraction of sp³-hybridized carbons (Fsp3) is 0. The molecule has 0 bridgehead atoms. The van der Waals surface area contributed by atoms with E-state index in [2.05, 4.69) is 14.8 Å². The van der Waals surface area contributed by atoms with Crippen molar-refractivity contribution in [3.8, 4) is 11.3 Å². The van der Waals surface area contributed by atoms with Crippen LogP contribution in [0.2, 0.25) is 10.0 Å². The summed E-state index contributed by atoms with van der Waals surface area (Å²) in [5.74, 6) is 0.00610. The molecule has 11 heteroatoms. The number of benzene rings is 1. The van der Waals surface area contributed by atoms with Crippen molar-refractivity contribution < 1.29 is 8.42 Å². The van der Waals surface area contributed by atoms with Gasteiger partial charge < -0.3 is 0 Å². The number of anilines is 1.